The van der Waals surface area contributed by atoms with E-state index in [1.807, 2.05) is 18.2 Å². The van der Waals surface area contributed by atoms with Gasteiger partial charge in [-0.05, 0) is 19.1 Å². The zero-order valence-corrected chi connectivity index (χ0v) is 9.34. The van der Waals surface area contributed by atoms with Gasteiger partial charge in [-0.3, -0.25) is 4.79 Å². The van der Waals surface area contributed by atoms with Crippen molar-refractivity contribution in [3.05, 3.63) is 42.2 Å². The van der Waals surface area contributed by atoms with E-state index >= 15 is 0 Å². The molecule has 0 unspecified atom stereocenters. The van der Waals surface area contributed by atoms with E-state index in [1.54, 1.807) is 18.5 Å². The minimum Gasteiger partial charge on any atom is -0.368 e. The van der Waals surface area contributed by atoms with E-state index in [0.29, 0.717) is 11.3 Å². The van der Waals surface area contributed by atoms with Gasteiger partial charge in [0, 0.05) is 11.3 Å². The van der Waals surface area contributed by atoms with Crippen LogP contribution in [0.2, 0.25) is 0 Å². The molecule has 0 radical (unpaired) electrons. The lowest BCUT2D eigenvalue weighted by atomic mass is 10.1. The number of hydrogen-bond donors (Lipinski definition) is 2. The monoisotopic (exact) mass is 228 g/mol. The molecule has 1 heterocycles. The Morgan fingerprint density at radius 3 is 2.53 bits per heavy atom. The van der Waals surface area contributed by atoms with E-state index in [1.165, 1.54) is 6.92 Å². The van der Waals surface area contributed by atoms with Crippen molar-refractivity contribution in [1.29, 1.82) is 0 Å². The molecule has 0 saturated carbocycles. The summed E-state index contributed by atoms with van der Waals surface area (Å²) in [7, 11) is 0. The number of carbonyl (C=O) groups excluding carboxylic acids is 1. The number of nitrogens with one attached hydrogen (secondary N) is 1. The van der Waals surface area contributed by atoms with E-state index in [0.717, 1.165) is 5.69 Å². The van der Waals surface area contributed by atoms with Crippen LogP contribution in [0.5, 0.6) is 0 Å². The van der Waals surface area contributed by atoms with Gasteiger partial charge in [0.15, 0.2) is 5.78 Å². The predicted octanol–water partition coefficient (Wildman–Crippen LogP) is 2.00. The summed E-state index contributed by atoms with van der Waals surface area (Å²) in [6.45, 7) is 1.53. The topological polar surface area (TPSA) is 80.9 Å². The second-order valence-corrected chi connectivity index (χ2v) is 3.56. The Hall–Kier alpha value is -2.43. The molecular formula is C12H12N4O. The molecule has 0 fully saturated rings. The van der Waals surface area contributed by atoms with E-state index in [9.17, 15) is 4.79 Å². The number of nitrogen functional groups attached to an aromatic ring is 1. The van der Waals surface area contributed by atoms with Crippen LogP contribution in [-0.4, -0.2) is 15.8 Å². The maximum Gasteiger partial charge on any atom is 0.220 e. The maximum atomic E-state index is 11.4. The van der Waals surface area contributed by atoms with Crippen molar-refractivity contribution >= 4 is 23.1 Å². The predicted molar refractivity (Wildman–Crippen MR) is 66.2 cm³/mol. The molecule has 0 aliphatic rings. The van der Waals surface area contributed by atoms with Gasteiger partial charge in [-0.25, -0.2) is 9.97 Å². The highest BCUT2D eigenvalue weighted by atomic mass is 16.1. The number of anilines is 3. The van der Waals surface area contributed by atoms with Crippen molar-refractivity contribution in [2.24, 2.45) is 0 Å². The number of hydrogen-bond acceptors (Lipinski definition) is 5. The van der Waals surface area contributed by atoms with Gasteiger partial charge in [0.1, 0.15) is 0 Å². The summed E-state index contributed by atoms with van der Waals surface area (Å²) in [5.74, 6) is 0.222. The Kier molecular flexibility index (Phi) is 3.00. The second-order valence-electron chi connectivity index (χ2n) is 3.56. The maximum absolute atomic E-state index is 11.4. The van der Waals surface area contributed by atoms with Gasteiger partial charge in [-0.15, -0.1) is 0 Å². The molecule has 5 nitrogen and oxygen atoms in total. The van der Waals surface area contributed by atoms with Crippen molar-refractivity contribution in [2.75, 3.05) is 11.1 Å². The van der Waals surface area contributed by atoms with Crippen LogP contribution in [0.25, 0.3) is 0 Å². The van der Waals surface area contributed by atoms with Crippen molar-refractivity contribution < 1.29 is 4.79 Å². The number of ketones is 1. The van der Waals surface area contributed by atoms with Gasteiger partial charge in [-0.2, -0.15) is 0 Å². The molecule has 1 aromatic heterocycles. The number of nitrogens with zero attached hydrogens (tertiary/aromatic N) is 2. The molecule has 0 spiro atoms. The highest BCUT2D eigenvalue weighted by Gasteiger charge is 2.06. The van der Waals surface area contributed by atoms with E-state index in [2.05, 4.69) is 15.3 Å². The number of aromatic nitrogens is 2. The molecule has 1 aromatic carbocycles. The quantitative estimate of drug-likeness (QED) is 0.785. The highest BCUT2D eigenvalue weighted by Crippen LogP contribution is 2.20. The Bertz CT molecular complexity index is 536. The summed E-state index contributed by atoms with van der Waals surface area (Å²) in [6, 6.07) is 7.27. The van der Waals surface area contributed by atoms with Crippen LogP contribution in [0.1, 0.15) is 17.3 Å². The van der Waals surface area contributed by atoms with Crippen LogP contribution in [0.3, 0.4) is 0 Å². The van der Waals surface area contributed by atoms with Crippen LogP contribution in [-0.2, 0) is 0 Å². The van der Waals surface area contributed by atoms with Crippen LogP contribution in [0.15, 0.2) is 36.7 Å². The molecule has 2 aromatic rings. The van der Waals surface area contributed by atoms with Gasteiger partial charge < -0.3 is 11.1 Å². The van der Waals surface area contributed by atoms with E-state index in [-0.39, 0.29) is 11.7 Å². The molecule has 2 rings (SSSR count). The van der Waals surface area contributed by atoms with Crippen LogP contribution < -0.4 is 11.1 Å². The van der Waals surface area contributed by atoms with Crippen molar-refractivity contribution in [3.63, 3.8) is 0 Å². The number of benzene rings is 1. The lowest BCUT2D eigenvalue weighted by Crippen LogP contribution is -2.01. The van der Waals surface area contributed by atoms with Crippen molar-refractivity contribution in [2.45, 2.75) is 6.92 Å². The Labute approximate surface area is 98.7 Å². The summed E-state index contributed by atoms with van der Waals surface area (Å²) >= 11 is 0. The molecule has 0 aliphatic carbocycles. The standard InChI is InChI=1S/C12H12N4O/c1-8(17)10-4-2-3-5-11(10)16-9-6-14-12(13)15-7-9/h2-7,16H,1H3,(H2,13,14,15). The lowest BCUT2D eigenvalue weighted by molar-refractivity contribution is 0.101. The van der Waals surface area contributed by atoms with Gasteiger partial charge in [0.05, 0.1) is 18.1 Å². The molecule has 5 heteroatoms. The Balaban J connectivity index is 2.30. The normalized spacial score (nSPS) is 9.94. The third kappa shape index (κ3) is 2.57. The largest absolute Gasteiger partial charge is 0.368 e. The number of rotatable bonds is 3. The van der Waals surface area contributed by atoms with Crippen LogP contribution in [0, 0.1) is 0 Å². The number of para-hydroxylation sites is 1. The first-order chi connectivity index (χ1) is 8.16. The molecule has 17 heavy (non-hydrogen) atoms. The summed E-state index contributed by atoms with van der Waals surface area (Å²) < 4.78 is 0. The average molecular weight is 228 g/mol. The summed E-state index contributed by atoms with van der Waals surface area (Å²) in [5, 5.41) is 3.08. The fraction of sp³-hybridized carbons (Fsp3) is 0.0833. The SMILES string of the molecule is CC(=O)c1ccccc1Nc1cnc(N)nc1. The third-order valence-corrected chi connectivity index (χ3v) is 2.26. The first-order valence-corrected chi connectivity index (χ1v) is 5.11. The zero-order valence-electron chi connectivity index (χ0n) is 9.34. The molecule has 86 valence electrons. The Morgan fingerprint density at radius 2 is 1.88 bits per heavy atom. The van der Waals surface area contributed by atoms with Gasteiger partial charge in [0.2, 0.25) is 5.95 Å². The average Bonchev–Trinajstić information content (AvgIpc) is 2.32. The molecule has 0 amide bonds. The molecule has 3 N–H and O–H groups in total. The van der Waals surface area contributed by atoms with Crippen LogP contribution >= 0.6 is 0 Å². The molecule has 0 saturated heterocycles. The number of nitrogens with two attached hydrogens (primary N) is 1. The number of carbonyl (C=O) groups is 1. The van der Waals surface area contributed by atoms with Crippen molar-refractivity contribution in [3.8, 4) is 0 Å². The van der Waals surface area contributed by atoms with Crippen LogP contribution in [0.4, 0.5) is 17.3 Å². The molecule has 0 aliphatic heterocycles. The van der Waals surface area contributed by atoms with E-state index in [4.69, 9.17) is 5.73 Å². The summed E-state index contributed by atoms with van der Waals surface area (Å²) in [6.07, 6.45) is 3.14. The zero-order chi connectivity index (χ0) is 12.3. The lowest BCUT2D eigenvalue weighted by Gasteiger charge is -2.09. The molecular weight excluding hydrogens is 216 g/mol. The second kappa shape index (κ2) is 4.61. The minimum absolute atomic E-state index is 0.00413. The van der Waals surface area contributed by atoms with E-state index < -0.39 is 0 Å². The smallest absolute Gasteiger partial charge is 0.220 e. The summed E-state index contributed by atoms with van der Waals surface area (Å²) in [4.78, 5) is 19.2. The molecule has 0 bridgehead atoms. The fourth-order valence-electron chi connectivity index (χ4n) is 1.46. The first-order valence-electron chi connectivity index (χ1n) is 5.11. The molecule has 0 atom stereocenters. The van der Waals surface area contributed by atoms with Gasteiger partial charge in [0.25, 0.3) is 0 Å². The minimum atomic E-state index is 0.00413. The fourth-order valence-corrected chi connectivity index (χ4v) is 1.46. The first kappa shape index (κ1) is 11.1. The number of Topliss-reactive ketones (excluding diaryl/α,β-unsaturated/α-hetero) is 1. The van der Waals surface area contributed by atoms with Gasteiger partial charge >= 0.3 is 0 Å². The van der Waals surface area contributed by atoms with Crippen molar-refractivity contribution in [1.82, 2.24) is 9.97 Å². The van der Waals surface area contributed by atoms with Gasteiger partial charge in [-0.1, -0.05) is 12.1 Å². The highest BCUT2D eigenvalue weighted by molar-refractivity contribution is 6.00. The summed E-state index contributed by atoms with van der Waals surface area (Å²) in [5.41, 5.74) is 7.44. The Morgan fingerprint density at radius 1 is 1.24 bits per heavy atom. The third-order valence-electron chi connectivity index (χ3n) is 2.26.